The Bertz CT molecular complexity index is 403. The lowest BCUT2D eigenvalue weighted by Gasteiger charge is -2.27. The lowest BCUT2D eigenvalue weighted by molar-refractivity contribution is -0.123. The Morgan fingerprint density at radius 2 is 1.86 bits per heavy atom. The lowest BCUT2D eigenvalue weighted by atomic mass is 9.99. The van der Waals surface area contributed by atoms with Crippen LogP contribution in [0.25, 0.3) is 0 Å². The number of carbonyl (C=O) groups is 1. The van der Waals surface area contributed by atoms with E-state index in [9.17, 15) is 4.79 Å². The average molecular weight is 341 g/mol. The molecule has 0 bridgehead atoms. The molecule has 22 heavy (non-hydrogen) atoms. The minimum atomic E-state index is -4.67. The zero-order valence-electron chi connectivity index (χ0n) is 13.1. The molecule has 0 aromatic rings. The van der Waals surface area contributed by atoms with Crippen molar-refractivity contribution in [3.8, 4) is 0 Å². The fourth-order valence-corrected chi connectivity index (χ4v) is 1.79. The number of ether oxygens (including phenoxy) is 1. The first-order chi connectivity index (χ1) is 10.1. The molecule has 0 unspecified atom stereocenters. The molecule has 2 atom stereocenters. The highest BCUT2D eigenvalue weighted by molar-refractivity contribution is 7.79. The molecule has 132 valence electrons. The minimum Gasteiger partial charge on any atom is -0.379 e. The van der Waals surface area contributed by atoms with Crippen molar-refractivity contribution in [1.29, 1.82) is 0 Å². The van der Waals surface area contributed by atoms with E-state index in [1.54, 1.807) is 0 Å². The van der Waals surface area contributed by atoms with Crippen molar-refractivity contribution in [1.82, 2.24) is 10.2 Å². The van der Waals surface area contributed by atoms with E-state index >= 15 is 0 Å². The summed E-state index contributed by atoms with van der Waals surface area (Å²) in [6, 6.07) is -0.385. The van der Waals surface area contributed by atoms with Gasteiger partial charge in [-0.25, -0.2) is 0 Å². The van der Waals surface area contributed by atoms with Gasteiger partial charge in [-0.05, 0) is 5.92 Å². The first-order valence-electron chi connectivity index (χ1n) is 7.18. The number of nitrogens with two attached hydrogens (primary N) is 1. The highest BCUT2D eigenvalue weighted by atomic mass is 32.3. The Labute approximate surface area is 131 Å². The van der Waals surface area contributed by atoms with Crippen LogP contribution in [0.3, 0.4) is 0 Å². The summed E-state index contributed by atoms with van der Waals surface area (Å²) in [6.07, 6.45) is 0.929. The molecule has 0 saturated carbocycles. The Hall–Kier alpha value is -0.780. The van der Waals surface area contributed by atoms with Crippen molar-refractivity contribution in [3.63, 3.8) is 0 Å². The van der Waals surface area contributed by atoms with Crippen LogP contribution in [0.15, 0.2) is 0 Å². The molecule has 1 amide bonds. The van der Waals surface area contributed by atoms with Crippen molar-refractivity contribution >= 4 is 16.3 Å². The highest BCUT2D eigenvalue weighted by Crippen LogP contribution is 2.04. The molecule has 1 saturated heterocycles. The lowest BCUT2D eigenvalue weighted by Crippen LogP contribution is -2.47. The third-order valence-electron chi connectivity index (χ3n) is 3.39. The summed E-state index contributed by atoms with van der Waals surface area (Å²) in [5.74, 6) is 0.200. The number of nitrogens with one attached hydrogen (secondary N) is 1. The van der Waals surface area contributed by atoms with Gasteiger partial charge in [0.1, 0.15) is 0 Å². The fourth-order valence-electron chi connectivity index (χ4n) is 1.79. The predicted molar refractivity (Wildman–Crippen MR) is 81.9 cm³/mol. The van der Waals surface area contributed by atoms with E-state index in [0.29, 0.717) is 6.54 Å². The SMILES string of the molecule is CC[C@H](C)[C@H](N)C(=O)NCCN1CCOCC1.O=S(=O)(O)O. The fraction of sp³-hybridized carbons (Fsp3) is 0.917. The Morgan fingerprint density at radius 3 is 2.32 bits per heavy atom. The molecule has 0 aromatic heterocycles. The van der Waals surface area contributed by atoms with Crippen molar-refractivity contribution in [3.05, 3.63) is 0 Å². The molecule has 1 rings (SSSR count). The number of hydrogen-bond acceptors (Lipinski definition) is 6. The Kier molecular flexibility index (Phi) is 10.5. The van der Waals surface area contributed by atoms with E-state index in [0.717, 1.165) is 39.3 Å². The molecule has 0 radical (unpaired) electrons. The predicted octanol–water partition coefficient (Wildman–Crippen LogP) is -0.845. The van der Waals surface area contributed by atoms with Gasteiger partial charge in [0.05, 0.1) is 19.3 Å². The number of amides is 1. The minimum absolute atomic E-state index is 0.0346. The third-order valence-corrected chi connectivity index (χ3v) is 3.39. The van der Waals surface area contributed by atoms with Gasteiger partial charge in [-0.1, -0.05) is 20.3 Å². The molecule has 10 heteroatoms. The number of hydrogen-bond donors (Lipinski definition) is 4. The van der Waals surface area contributed by atoms with Crippen molar-refractivity contribution in [2.24, 2.45) is 11.7 Å². The van der Waals surface area contributed by atoms with E-state index in [-0.39, 0.29) is 17.9 Å². The summed E-state index contributed by atoms with van der Waals surface area (Å²) >= 11 is 0. The summed E-state index contributed by atoms with van der Waals surface area (Å²) in [5, 5.41) is 2.90. The van der Waals surface area contributed by atoms with Crippen molar-refractivity contribution < 1.29 is 27.1 Å². The molecule has 0 aliphatic carbocycles. The quantitative estimate of drug-likeness (QED) is 0.458. The van der Waals surface area contributed by atoms with Crippen LogP contribution in [0.2, 0.25) is 0 Å². The summed E-state index contributed by atoms with van der Waals surface area (Å²) in [6.45, 7) is 9.09. The van der Waals surface area contributed by atoms with Gasteiger partial charge in [0, 0.05) is 26.2 Å². The summed E-state index contributed by atoms with van der Waals surface area (Å²) in [4.78, 5) is 14.0. The molecule has 1 aliphatic rings. The van der Waals surface area contributed by atoms with Crippen LogP contribution in [0.5, 0.6) is 0 Å². The Morgan fingerprint density at radius 1 is 1.36 bits per heavy atom. The molecular weight excluding hydrogens is 314 g/mol. The number of carbonyl (C=O) groups excluding carboxylic acids is 1. The molecule has 0 spiro atoms. The number of rotatable bonds is 6. The van der Waals surface area contributed by atoms with Crippen molar-refractivity contribution in [2.75, 3.05) is 39.4 Å². The second-order valence-electron chi connectivity index (χ2n) is 5.10. The second kappa shape index (κ2) is 10.9. The smallest absolute Gasteiger partial charge is 0.379 e. The van der Waals surface area contributed by atoms with E-state index in [1.165, 1.54) is 0 Å². The average Bonchev–Trinajstić information content (AvgIpc) is 2.45. The van der Waals surface area contributed by atoms with E-state index in [1.807, 2.05) is 13.8 Å². The molecular formula is C12H27N3O6S. The van der Waals surface area contributed by atoms with E-state index in [2.05, 4.69) is 10.2 Å². The molecule has 5 N–H and O–H groups in total. The first kappa shape index (κ1) is 21.2. The van der Waals surface area contributed by atoms with Gasteiger partial charge < -0.3 is 15.8 Å². The molecule has 1 aliphatic heterocycles. The standard InChI is InChI=1S/C12H25N3O2.H2O4S/c1-3-10(2)11(13)12(16)14-4-5-15-6-8-17-9-7-15;1-5(2,3)4/h10-11H,3-9,13H2,1-2H3,(H,14,16);(H2,1,2,3,4)/t10-,11-;/m0./s1. The maximum Gasteiger partial charge on any atom is 0.394 e. The van der Waals surface area contributed by atoms with Gasteiger partial charge in [-0.15, -0.1) is 0 Å². The first-order valence-corrected chi connectivity index (χ1v) is 8.58. The maximum atomic E-state index is 11.7. The highest BCUT2D eigenvalue weighted by Gasteiger charge is 2.19. The van der Waals surface area contributed by atoms with Gasteiger partial charge in [-0.3, -0.25) is 18.8 Å². The van der Waals surface area contributed by atoms with Crippen LogP contribution >= 0.6 is 0 Å². The topological polar surface area (TPSA) is 142 Å². The summed E-state index contributed by atoms with van der Waals surface area (Å²) in [7, 11) is -4.67. The van der Waals surface area contributed by atoms with Gasteiger partial charge >= 0.3 is 10.4 Å². The van der Waals surface area contributed by atoms with Crippen LogP contribution in [-0.4, -0.2) is 73.8 Å². The molecule has 1 heterocycles. The largest absolute Gasteiger partial charge is 0.394 e. The van der Waals surface area contributed by atoms with Crippen LogP contribution in [0, 0.1) is 5.92 Å². The van der Waals surface area contributed by atoms with Crippen LogP contribution in [0.1, 0.15) is 20.3 Å². The van der Waals surface area contributed by atoms with Gasteiger partial charge in [0.25, 0.3) is 0 Å². The summed E-state index contributed by atoms with van der Waals surface area (Å²) in [5.41, 5.74) is 5.84. The maximum absolute atomic E-state index is 11.7. The number of morpholine rings is 1. The van der Waals surface area contributed by atoms with Crippen LogP contribution in [-0.2, 0) is 19.9 Å². The van der Waals surface area contributed by atoms with Crippen molar-refractivity contribution in [2.45, 2.75) is 26.3 Å². The number of nitrogens with zero attached hydrogens (tertiary/aromatic N) is 1. The normalized spacial score (nSPS) is 18.8. The third kappa shape index (κ3) is 11.8. The molecule has 1 fully saturated rings. The van der Waals surface area contributed by atoms with E-state index in [4.69, 9.17) is 28.0 Å². The van der Waals surface area contributed by atoms with Gasteiger partial charge in [-0.2, -0.15) is 8.42 Å². The Balaban J connectivity index is 0.000000763. The summed E-state index contributed by atoms with van der Waals surface area (Å²) < 4.78 is 36.8. The zero-order valence-corrected chi connectivity index (χ0v) is 13.9. The molecule has 9 nitrogen and oxygen atoms in total. The second-order valence-corrected chi connectivity index (χ2v) is 6.00. The monoisotopic (exact) mass is 341 g/mol. The van der Waals surface area contributed by atoms with Crippen LogP contribution < -0.4 is 11.1 Å². The van der Waals surface area contributed by atoms with Gasteiger partial charge in [0.15, 0.2) is 0 Å². The van der Waals surface area contributed by atoms with E-state index < -0.39 is 10.4 Å². The molecule has 0 aromatic carbocycles. The van der Waals surface area contributed by atoms with Crippen LogP contribution in [0.4, 0.5) is 0 Å². The van der Waals surface area contributed by atoms with Gasteiger partial charge in [0.2, 0.25) is 5.91 Å². The zero-order chi connectivity index (χ0) is 17.2.